The number of aromatic nitrogens is 2. The van der Waals surface area contributed by atoms with Gasteiger partial charge in [0.15, 0.2) is 0 Å². The van der Waals surface area contributed by atoms with Crippen molar-refractivity contribution in [1.29, 1.82) is 0 Å². The number of nitrogens with one attached hydrogen (secondary N) is 1. The van der Waals surface area contributed by atoms with Crippen molar-refractivity contribution in [1.82, 2.24) is 15.1 Å². The predicted molar refractivity (Wildman–Crippen MR) is 123 cm³/mol. The van der Waals surface area contributed by atoms with E-state index in [1.165, 1.54) is 4.90 Å². The maximum Gasteiger partial charge on any atom is 0.416 e. The number of nitrogens with zero attached hydrogens (tertiary/aromatic N) is 2. The van der Waals surface area contributed by atoms with E-state index in [0.717, 1.165) is 17.7 Å². The molecule has 0 spiro atoms. The third-order valence-electron chi connectivity index (χ3n) is 7.29. The van der Waals surface area contributed by atoms with Gasteiger partial charge in [-0.05, 0) is 67.5 Å². The van der Waals surface area contributed by atoms with Gasteiger partial charge in [0.05, 0.1) is 11.3 Å². The lowest BCUT2D eigenvalue weighted by atomic mass is 9.73. The molecule has 2 heterocycles. The highest BCUT2D eigenvalue weighted by Crippen LogP contribution is 2.54. The number of carbonyl (C=O) groups excluding carboxylic acids is 2. The zero-order valence-corrected chi connectivity index (χ0v) is 19.2. The van der Waals surface area contributed by atoms with Crippen LogP contribution < -0.4 is 5.73 Å². The average Bonchev–Trinajstić information content (AvgIpc) is 3.32. The molecule has 1 saturated carbocycles. The number of hydrogen-bond acceptors (Lipinski definition) is 3. The quantitative estimate of drug-likeness (QED) is 0.472. The van der Waals surface area contributed by atoms with E-state index in [9.17, 15) is 22.8 Å². The lowest BCUT2D eigenvalue weighted by molar-refractivity contribution is -0.138. The SMILES string of the molecule is NC(=O)[C@@]1([C@@H](c2ccc(C(F)(F)F)cc2F)C2CC2)CCCN1C(=O)c1cccc(-c2ccn[nH]2)c1. The van der Waals surface area contributed by atoms with Gasteiger partial charge in [0, 0.05) is 29.8 Å². The fraction of sp³-hybridized carbons (Fsp3) is 0.346. The van der Waals surface area contributed by atoms with Crippen molar-refractivity contribution in [3.63, 3.8) is 0 Å². The molecule has 2 fully saturated rings. The number of benzene rings is 2. The number of amides is 2. The number of primary amides is 1. The van der Waals surface area contributed by atoms with Crippen molar-refractivity contribution in [2.45, 2.75) is 43.3 Å². The predicted octanol–water partition coefficient (Wildman–Crippen LogP) is 4.89. The van der Waals surface area contributed by atoms with Gasteiger partial charge in [-0.2, -0.15) is 18.3 Å². The van der Waals surface area contributed by atoms with Gasteiger partial charge < -0.3 is 10.6 Å². The molecule has 0 radical (unpaired) electrons. The van der Waals surface area contributed by atoms with Gasteiger partial charge in [-0.15, -0.1) is 0 Å². The van der Waals surface area contributed by atoms with Crippen LogP contribution in [-0.2, 0) is 11.0 Å². The Morgan fingerprint density at radius 3 is 2.53 bits per heavy atom. The van der Waals surface area contributed by atoms with Crippen LogP contribution in [0.5, 0.6) is 0 Å². The van der Waals surface area contributed by atoms with Crippen molar-refractivity contribution in [2.24, 2.45) is 11.7 Å². The summed E-state index contributed by atoms with van der Waals surface area (Å²) in [6, 6.07) is 10.9. The van der Waals surface area contributed by atoms with Gasteiger partial charge in [0.25, 0.3) is 5.91 Å². The van der Waals surface area contributed by atoms with Gasteiger partial charge in [-0.1, -0.05) is 18.2 Å². The molecule has 2 amide bonds. The first-order valence-electron chi connectivity index (χ1n) is 11.7. The van der Waals surface area contributed by atoms with Crippen LogP contribution in [0.3, 0.4) is 0 Å². The molecule has 2 aromatic carbocycles. The molecule has 3 aromatic rings. The van der Waals surface area contributed by atoms with E-state index < -0.39 is 40.8 Å². The smallest absolute Gasteiger partial charge is 0.368 e. The standard InChI is InChI=1S/C26H24F4N4O2/c27-20-14-18(26(28,29)30)7-8-19(20)22(15-5-6-15)25(24(31)36)10-2-12-34(25)23(35)17-4-1-3-16(13-17)21-9-11-32-33-21/h1,3-4,7-9,11,13-15,22H,2,5-6,10,12H2,(H2,31,36)(H,32,33)/t22-,25+/m1/s1. The summed E-state index contributed by atoms with van der Waals surface area (Å²) < 4.78 is 54.7. The minimum absolute atomic E-state index is 0.0183. The summed E-state index contributed by atoms with van der Waals surface area (Å²) in [7, 11) is 0. The summed E-state index contributed by atoms with van der Waals surface area (Å²) >= 11 is 0. The first-order chi connectivity index (χ1) is 17.1. The summed E-state index contributed by atoms with van der Waals surface area (Å²) in [6.07, 6.45) is -1.13. The number of likely N-dealkylation sites (tertiary alicyclic amines) is 1. The topological polar surface area (TPSA) is 92.1 Å². The molecule has 0 unspecified atom stereocenters. The van der Waals surface area contributed by atoms with Crippen LogP contribution in [0.2, 0.25) is 0 Å². The summed E-state index contributed by atoms with van der Waals surface area (Å²) in [5.74, 6) is -3.30. The molecule has 1 aliphatic carbocycles. The monoisotopic (exact) mass is 500 g/mol. The van der Waals surface area contributed by atoms with Gasteiger partial charge in [-0.3, -0.25) is 14.7 Å². The minimum atomic E-state index is -4.70. The molecule has 3 N–H and O–H groups in total. The van der Waals surface area contributed by atoms with Crippen LogP contribution in [0.25, 0.3) is 11.3 Å². The number of hydrogen-bond donors (Lipinski definition) is 2. The van der Waals surface area contributed by atoms with Crippen LogP contribution in [0, 0.1) is 11.7 Å². The summed E-state index contributed by atoms with van der Waals surface area (Å²) in [4.78, 5) is 28.3. The molecule has 1 aromatic heterocycles. The number of carbonyl (C=O) groups is 2. The molecule has 0 bridgehead atoms. The fourth-order valence-electron chi connectivity index (χ4n) is 5.54. The van der Waals surface area contributed by atoms with Crippen LogP contribution in [0.15, 0.2) is 54.7 Å². The largest absolute Gasteiger partial charge is 0.416 e. The highest BCUT2D eigenvalue weighted by atomic mass is 19.4. The molecule has 1 saturated heterocycles. The van der Waals surface area contributed by atoms with Crippen molar-refractivity contribution in [3.05, 3.63) is 77.2 Å². The molecule has 1 aliphatic heterocycles. The Kier molecular flexibility index (Phi) is 5.84. The van der Waals surface area contributed by atoms with E-state index in [4.69, 9.17) is 5.73 Å². The van der Waals surface area contributed by atoms with Crippen molar-refractivity contribution in [2.75, 3.05) is 6.54 Å². The van der Waals surface area contributed by atoms with Crippen LogP contribution >= 0.6 is 0 Å². The number of halogens is 4. The Hall–Kier alpha value is -3.69. The Bertz CT molecular complexity index is 1300. The lowest BCUT2D eigenvalue weighted by Gasteiger charge is -2.43. The summed E-state index contributed by atoms with van der Waals surface area (Å²) in [5.41, 5.74) is 5.01. The number of alkyl halides is 3. The lowest BCUT2D eigenvalue weighted by Crippen LogP contribution is -2.60. The second kappa shape index (κ2) is 8.76. The number of aromatic amines is 1. The Morgan fingerprint density at radius 1 is 1.14 bits per heavy atom. The van der Waals surface area contributed by atoms with Crippen LogP contribution in [0.4, 0.5) is 17.6 Å². The number of H-pyrrole nitrogens is 1. The zero-order chi connectivity index (χ0) is 25.7. The molecule has 188 valence electrons. The van der Waals surface area contributed by atoms with Crippen LogP contribution in [0.1, 0.15) is 53.1 Å². The number of rotatable bonds is 6. The van der Waals surface area contributed by atoms with E-state index in [1.807, 2.05) is 0 Å². The first kappa shape index (κ1) is 24.0. The maximum absolute atomic E-state index is 15.2. The number of nitrogens with two attached hydrogens (primary N) is 1. The van der Waals surface area contributed by atoms with Gasteiger partial charge >= 0.3 is 6.18 Å². The van der Waals surface area contributed by atoms with E-state index in [0.29, 0.717) is 36.6 Å². The molecule has 6 nitrogen and oxygen atoms in total. The molecular weight excluding hydrogens is 476 g/mol. The van der Waals surface area contributed by atoms with E-state index >= 15 is 4.39 Å². The van der Waals surface area contributed by atoms with E-state index in [1.54, 1.807) is 36.5 Å². The van der Waals surface area contributed by atoms with Crippen molar-refractivity contribution < 1.29 is 27.2 Å². The second-order valence-corrected chi connectivity index (χ2v) is 9.45. The molecule has 36 heavy (non-hydrogen) atoms. The third-order valence-corrected chi connectivity index (χ3v) is 7.29. The minimum Gasteiger partial charge on any atom is -0.368 e. The highest BCUT2D eigenvalue weighted by Gasteiger charge is 2.59. The zero-order valence-electron chi connectivity index (χ0n) is 19.2. The van der Waals surface area contributed by atoms with Gasteiger partial charge in [-0.25, -0.2) is 4.39 Å². The molecular formula is C26H24F4N4O2. The Balaban J connectivity index is 1.57. The second-order valence-electron chi connectivity index (χ2n) is 9.45. The molecule has 2 atom stereocenters. The van der Waals surface area contributed by atoms with Crippen LogP contribution in [-0.4, -0.2) is 39.0 Å². The first-order valence-corrected chi connectivity index (χ1v) is 11.7. The normalized spacial score (nSPS) is 20.9. The maximum atomic E-state index is 15.2. The highest BCUT2D eigenvalue weighted by molar-refractivity contribution is 6.00. The fourth-order valence-corrected chi connectivity index (χ4v) is 5.54. The van der Waals surface area contributed by atoms with Crippen molar-refractivity contribution in [3.8, 4) is 11.3 Å². The van der Waals surface area contributed by atoms with Crippen molar-refractivity contribution >= 4 is 11.8 Å². The average molecular weight is 500 g/mol. The Labute approximate surface area is 204 Å². The molecule has 10 heteroatoms. The van der Waals surface area contributed by atoms with Gasteiger partial charge in [0.2, 0.25) is 5.91 Å². The summed E-state index contributed by atoms with van der Waals surface area (Å²) in [6.45, 7) is 0.224. The van der Waals surface area contributed by atoms with E-state index in [2.05, 4.69) is 10.2 Å². The molecule has 5 rings (SSSR count). The van der Waals surface area contributed by atoms with Gasteiger partial charge in [0.1, 0.15) is 11.4 Å². The summed E-state index contributed by atoms with van der Waals surface area (Å²) in [5, 5.41) is 6.76. The van der Waals surface area contributed by atoms with E-state index in [-0.39, 0.29) is 24.4 Å². The Morgan fingerprint density at radius 2 is 1.92 bits per heavy atom. The third kappa shape index (κ3) is 4.04. The molecule has 2 aliphatic rings.